The number of fused-ring (bicyclic) bond motifs is 1. The van der Waals surface area contributed by atoms with E-state index in [9.17, 15) is 18.4 Å². The van der Waals surface area contributed by atoms with Crippen LogP contribution in [-0.2, 0) is 6.54 Å². The van der Waals surface area contributed by atoms with Crippen LogP contribution in [0.3, 0.4) is 0 Å². The maximum absolute atomic E-state index is 14.3. The third kappa shape index (κ3) is 4.50. The lowest BCUT2D eigenvalue weighted by molar-refractivity contribution is 0.0400. The molecular weight excluding hydrogens is 514 g/mol. The van der Waals surface area contributed by atoms with Gasteiger partial charge in [0.1, 0.15) is 29.7 Å². The minimum Gasteiger partial charge on any atom is -0.351 e. The number of halogens is 2. The number of benzene rings is 1. The van der Waals surface area contributed by atoms with Gasteiger partial charge in [-0.1, -0.05) is 6.07 Å². The van der Waals surface area contributed by atoms with E-state index in [2.05, 4.69) is 22.2 Å². The summed E-state index contributed by atoms with van der Waals surface area (Å²) in [5.74, 6) is -0.330. The second kappa shape index (κ2) is 9.33. The van der Waals surface area contributed by atoms with Crippen molar-refractivity contribution in [3.63, 3.8) is 0 Å². The Kier molecular flexibility index (Phi) is 5.85. The minimum atomic E-state index is -1.06. The second-order valence-corrected chi connectivity index (χ2v) is 11.7. The van der Waals surface area contributed by atoms with Gasteiger partial charge in [-0.05, 0) is 80.5 Å². The summed E-state index contributed by atoms with van der Waals surface area (Å²) in [6, 6.07) is 9.57. The van der Waals surface area contributed by atoms with Gasteiger partial charge in [0.05, 0.1) is 24.2 Å². The van der Waals surface area contributed by atoms with Crippen LogP contribution in [0.25, 0.3) is 28.0 Å². The first-order valence-electron chi connectivity index (χ1n) is 13.9. The molecule has 1 aliphatic heterocycles. The van der Waals surface area contributed by atoms with Gasteiger partial charge in [0.2, 0.25) is 0 Å². The number of carbonyl (C=O) groups excluding carboxylic acids is 1. The Morgan fingerprint density at radius 2 is 1.98 bits per heavy atom. The number of nitrogens with one attached hydrogen (secondary N) is 2. The predicted molar refractivity (Wildman–Crippen MR) is 147 cm³/mol. The van der Waals surface area contributed by atoms with Crippen molar-refractivity contribution in [2.24, 2.45) is 0 Å². The number of hydrogen-bond acceptors (Lipinski definition) is 5. The van der Waals surface area contributed by atoms with Gasteiger partial charge in [0.15, 0.2) is 0 Å². The molecule has 0 atom stereocenters. The third-order valence-electron chi connectivity index (χ3n) is 8.48. The van der Waals surface area contributed by atoms with Crippen molar-refractivity contribution in [3.8, 4) is 16.9 Å². The lowest BCUT2D eigenvalue weighted by Crippen LogP contribution is -2.51. The van der Waals surface area contributed by atoms with E-state index in [4.69, 9.17) is 4.98 Å². The Morgan fingerprint density at radius 1 is 1.18 bits per heavy atom. The van der Waals surface area contributed by atoms with Crippen LogP contribution >= 0.6 is 0 Å². The lowest BCUT2D eigenvalue weighted by atomic mass is 9.78. The summed E-state index contributed by atoms with van der Waals surface area (Å²) in [5, 5.41) is 3.57. The van der Waals surface area contributed by atoms with Crippen LogP contribution in [-0.4, -0.2) is 55.1 Å². The van der Waals surface area contributed by atoms with E-state index < -0.39 is 17.9 Å². The number of amides is 1. The van der Waals surface area contributed by atoms with Crippen molar-refractivity contribution in [1.29, 1.82) is 0 Å². The highest BCUT2D eigenvalue weighted by Crippen LogP contribution is 2.41. The van der Waals surface area contributed by atoms with Gasteiger partial charge in [-0.15, -0.1) is 0 Å². The first kappa shape index (κ1) is 25.1. The van der Waals surface area contributed by atoms with Gasteiger partial charge in [-0.3, -0.25) is 9.59 Å². The molecule has 2 aliphatic carbocycles. The molecule has 40 heavy (non-hydrogen) atoms. The molecule has 206 valence electrons. The minimum absolute atomic E-state index is 0.00230. The number of alkyl halides is 1. The van der Waals surface area contributed by atoms with Crippen LogP contribution in [0.1, 0.15) is 66.7 Å². The average Bonchev–Trinajstić information content (AvgIpc) is 3.68. The Labute approximate surface area is 229 Å². The van der Waals surface area contributed by atoms with Gasteiger partial charge in [-0.25, -0.2) is 23.3 Å². The zero-order valence-corrected chi connectivity index (χ0v) is 22.2. The van der Waals surface area contributed by atoms with E-state index >= 15 is 0 Å². The molecule has 4 heterocycles. The first-order valence-corrected chi connectivity index (χ1v) is 13.9. The van der Waals surface area contributed by atoms with Crippen molar-refractivity contribution in [2.45, 2.75) is 63.2 Å². The maximum Gasteiger partial charge on any atom is 0.283 e. The number of hydrogen-bond donors (Lipinski definition) is 2. The Bertz CT molecular complexity index is 1700. The highest BCUT2D eigenvalue weighted by atomic mass is 19.1. The molecule has 3 aliphatic rings. The summed E-state index contributed by atoms with van der Waals surface area (Å²) in [7, 11) is 0. The molecule has 1 aromatic carbocycles. The molecule has 2 N–H and O–H groups in total. The van der Waals surface area contributed by atoms with Crippen LogP contribution < -0.4 is 10.9 Å². The van der Waals surface area contributed by atoms with Crippen LogP contribution in [0, 0.1) is 5.82 Å². The first-order chi connectivity index (χ1) is 19.3. The number of H-pyrrole nitrogens is 1. The van der Waals surface area contributed by atoms with Crippen LogP contribution in [0.5, 0.6) is 0 Å². The number of aromatic nitrogens is 4. The fraction of sp³-hybridized carbons (Fsp3) is 0.400. The Morgan fingerprint density at radius 3 is 2.67 bits per heavy atom. The summed E-state index contributed by atoms with van der Waals surface area (Å²) in [6.07, 6.45) is 5.88. The van der Waals surface area contributed by atoms with Gasteiger partial charge >= 0.3 is 0 Å². The molecule has 0 spiro atoms. The van der Waals surface area contributed by atoms with E-state index in [0.717, 1.165) is 37.1 Å². The Hall–Kier alpha value is -3.92. The van der Waals surface area contributed by atoms with Gasteiger partial charge < -0.3 is 15.2 Å². The molecule has 7 rings (SSSR count). The summed E-state index contributed by atoms with van der Waals surface area (Å²) < 4.78 is 29.2. The molecule has 4 aromatic rings. The van der Waals surface area contributed by atoms with Crippen molar-refractivity contribution >= 4 is 16.9 Å². The molecule has 1 amide bonds. The molecule has 8 nitrogen and oxygen atoms in total. The van der Waals surface area contributed by atoms with Crippen molar-refractivity contribution in [2.75, 3.05) is 13.1 Å². The standard InChI is InChI=1S/C30H30F2N6O2/c1-30(7-2-8-30)34-13-21-12-25-27(35-21)29(40)38(16-33-25)26-10-18(9-24(36-26)17-3-4-17)22-6-5-19(31)11-23(22)28(39)37-14-20(32)15-37/h5-6,9-12,16-17,20,34-35H,2-4,7-8,13-15H2,1H3. The lowest BCUT2D eigenvalue weighted by Gasteiger charge is -2.39. The maximum atomic E-state index is 14.3. The zero-order valence-electron chi connectivity index (χ0n) is 22.2. The SMILES string of the molecule is CC1(NCc2cc3ncn(-c4cc(-c5ccc(F)cc5C(=O)N5CC(F)C5)cc(C5CC5)n4)c(=O)c3[nH]2)CCC1. The second-order valence-electron chi connectivity index (χ2n) is 11.7. The summed E-state index contributed by atoms with van der Waals surface area (Å²) in [5.41, 5.74) is 3.86. The number of likely N-dealkylation sites (tertiary alicyclic amines) is 1. The highest BCUT2D eigenvalue weighted by molar-refractivity contribution is 6.01. The normalized spacial score (nSPS) is 18.5. The van der Waals surface area contributed by atoms with Crippen molar-refractivity contribution in [1.82, 2.24) is 29.7 Å². The van der Waals surface area contributed by atoms with Gasteiger partial charge in [0, 0.05) is 29.4 Å². The fourth-order valence-corrected chi connectivity index (χ4v) is 5.62. The number of aromatic amines is 1. The number of pyridine rings is 1. The topological polar surface area (TPSA) is 95.9 Å². The van der Waals surface area contributed by atoms with Gasteiger partial charge in [-0.2, -0.15) is 0 Å². The van der Waals surface area contributed by atoms with Crippen LogP contribution in [0.2, 0.25) is 0 Å². The van der Waals surface area contributed by atoms with Crippen LogP contribution in [0.4, 0.5) is 8.78 Å². The largest absolute Gasteiger partial charge is 0.351 e. The number of carbonyl (C=O) groups is 1. The van der Waals surface area contributed by atoms with Crippen LogP contribution in [0.15, 0.2) is 47.5 Å². The zero-order chi connectivity index (χ0) is 27.6. The third-order valence-corrected chi connectivity index (χ3v) is 8.48. The van der Waals surface area contributed by atoms with Crippen molar-refractivity contribution in [3.05, 3.63) is 75.8 Å². The van der Waals surface area contributed by atoms with E-state index in [-0.39, 0.29) is 35.7 Å². The summed E-state index contributed by atoms with van der Waals surface area (Å²) >= 11 is 0. The molecule has 3 aromatic heterocycles. The van der Waals surface area contributed by atoms with E-state index in [1.807, 2.05) is 12.1 Å². The molecular formula is C30H30F2N6O2. The van der Waals surface area contributed by atoms with Gasteiger partial charge in [0.25, 0.3) is 11.5 Å². The average molecular weight is 545 g/mol. The van der Waals surface area contributed by atoms with E-state index in [1.54, 1.807) is 12.1 Å². The molecule has 3 fully saturated rings. The Balaban J connectivity index is 1.28. The smallest absolute Gasteiger partial charge is 0.283 e. The summed E-state index contributed by atoms with van der Waals surface area (Å²) in [6.45, 7) is 2.82. The molecule has 10 heteroatoms. The summed E-state index contributed by atoms with van der Waals surface area (Å²) in [4.78, 5) is 40.7. The highest BCUT2D eigenvalue weighted by Gasteiger charge is 2.33. The molecule has 2 saturated carbocycles. The monoisotopic (exact) mass is 544 g/mol. The fourth-order valence-electron chi connectivity index (χ4n) is 5.62. The quantitative estimate of drug-likeness (QED) is 0.354. The molecule has 0 unspecified atom stereocenters. The molecule has 1 saturated heterocycles. The number of rotatable bonds is 7. The van der Waals surface area contributed by atoms with Crippen molar-refractivity contribution < 1.29 is 13.6 Å². The van der Waals surface area contributed by atoms with E-state index in [1.165, 1.54) is 34.3 Å². The number of nitrogens with zero attached hydrogens (tertiary/aromatic N) is 4. The predicted octanol–water partition coefficient (Wildman–Crippen LogP) is 4.62. The van der Waals surface area contributed by atoms with E-state index in [0.29, 0.717) is 34.5 Å². The molecule has 0 radical (unpaired) electrons. The molecule has 0 bridgehead atoms.